The van der Waals surface area contributed by atoms with Crippen LogP contribution >= 0.6 is 27.5 Å². The second-order valence-corrected chi connectivity index (χ2v) is 6.16. The van der Waals surface area contributed by atoms with Gasteiger partial charge in [-0.3, -0.25) is 0 Å². The topological polar surface area (TPSA) is 0 Å². The summed E-state index contributed by atoms with van der Waals surface area (Å²) in [4.78, 5) is 0. The number of benzene rings is 2. The molecule has 0 saturated carbocycles. The van der Waals surface area contributed by atoms with Crippen molar-refractivity contribution in [2.75, 3.05) is 0 Å². The summed E-state index contributed by atoms with van der Waals surface area (Å²) in [6.07, 6.45) is 1.01. The quantitative estimate of drug-likeness (QED) is 0.616. The van der Waals surface area contributed by atoms with E-state index in [1.807, 2.05) is 0 Å². The van der Waals surface area contributed by atoms with Gasteiger partial charge in [0.1, 0.15) is 0 Å². The first kappa shape index (κ1) is 12.9. The van der Waals surface area contributed by atoms with Crippen LogP contribution in [-0.4, -0.2) is 0 Å². The molecular weight excluding hydrogens is 296 g/mol. The number of alkyl halides is 1. The van der Waals surface area contributed by atoms with Crippen LogP contribution in [0.3, 0.4) is 0 Å². The normalized spacial score (nSPS) is 13.2. The van der Waals surface area contributed by atoms with Gasteiger partial charge in [-0.2, -0.15) is 0 Å². The van der Waals surface area contributed by atoms with Gasteiger partial charge in [0.2, 0.25) is 0 Å². The molecule has 0 heterocycles. The van der Waals surface area contributed by atoms with Crippen LogP contribution in [0, 0.1) is 5.92 Å². The van der Waals surface area contributed by atoms with Gasteiger partial charge < -0.3 is 0 Å². The van der Waals surface area contributed by atoms with Crippen molar-refractivity contribution >= 4 is 38.3 Å². The number of hydrogen-bond acceptors (Lipinski definition) is 0. The van der Waals surface area contributed by atoms with E-state index in [0.717, 1.165) is 10.9 Å². The molecule has 0 nitrogen and oxygen atoms in total. The van der Waals surface area contributed by atoms with E-state index >= 15 is 0 Å². The molecule has 90 valence electrons. The summed E-state index contributed by atoms with van der Waals surface area (Å²) in [5.41, 5.74) is 1.24. The summed E-state index contributed by atoms with van der Waals surface area (Å²) in [7, 11) is 0. The van der Waals surface area contributed by atoms with Crippen molar-refractivity contribution in [1.82, 2.24) is 0 Å². The van der Waals surface area contributed by atoms with E-state index in [2.05, 4.69) is 66.2 Å². The maximum Gasteiger partial charge on any atom is 0.0593 e. The SMILES string of the molecule is CC(C)CC(Cl)c1ccc(Br)c2ccccc12. The number of fused-ring (bicyclic) bond motifs is 1. The monoisotopic (exact) mass is 310 g/mol. The Balaban J connectivity index is 2.51. The molecule has 0 aliphatic carbocycles. The third kappa shape index (κ3) is 2.83. The van der Waals surface area contributed by atoms with Crippen LogP contribution in [0.5, 0.6) is 0 Å². The highest BCUT2D eigenvalue weighted by atomic mass is 79.9. The van der Waals surface area contributed by atoms with Crippen LogP contribution < -0.4 is 0 Å². The van der Waals surface area contributed by atoms with Crippen molar-refractivity contribution < 1.29 is 0 Å². The van der Waals surface area contributed by atoms with E-state index in [1.54, 1.807) is 0 Å². The molecule has 0 fully saturated rings. The van der Waals surface area contributed by atoms with Crippen molar-refractivity contribution in [3.8, 4) is 0 Å². The number of rotatable bonds is 3. The van der Waals surface area contributed by atoms with E-state index in [9.17, 15) is 0 Å². The Bertz CT molecular complexity index is 519. The molecular formula is C15H16BrCl. The molecule has 0 saturated heterocycles. The van der Waals surface area contributed by atoms with Gasteiger partial charge in [-0.15, -0.1) is 11.6 Å². The maximum absolute atomic E-state index is 6.52. The molecule has 2 aromatic rings. The van der Waals surface area contributed by atoms with E-state index in [4.69, 9.17) is 11.6 Å². The highest BCUT2D eigenvalue weighted by molar-refractivity contribution is 9.10. The van der Waals surface area contributed by atoms with E-state index in [0.29, 0.717) is 5.92 Å². The van der Waals surface area contributed by atoms with Gasteiger partial charge in [0.25, 0.3) is 0 Å². The van der Waals surface area contributed by atoms with Crippen molar-refractivity contribution in [3.05, 3.63) is 46.4 Å². The zero-order valence-corrected chi connectivity index (χ0v) is 12.4. The first-order valence-electron chi connectivity index (χ1n) is 5.91. The maximum atomic E-state index is 6.52. The zero-order chi connectivity index (χ0) is 12.4. The molecule has 17 heavy (non-hydrogen) atoms. The van der Waals surface area contributed by atoms with Crippen LogP contribution in [0.2, 0.25) is 0 Å². The minimum Gasteiger partial charge on any atom is -0.118 e. The number of hydrogen-bond donors (Lipinski definition) is 0. The van der Waals surface area contributed by atoms with Gasteiger partial charge in [0.05, 0.1) is 5.38 Å². The van der Waals surface area contributed by atoms with Gasteiger partial charge in [-0.05, 0) is 34.7 Å². The molecule has 0 spiro atoms. The molecule has 0 N–H and O–H groups in total. The predicted octanol–water partition coefficient (Wildman–Crippen LogP) is 5.93. The summed E-state index contributed by atoms with van der Waals surface area (Å²) in [5.74, 6) is 0.611. The fraction of sp³-hybridized carbons (Fsp3) is 0.333. The second-order valence-electron chi connectivity index (χ2n) is 4.78. The lowest BCUT2D eigenvalue weighted by Crippen LogP contribution is -1.97. The second kappa shape index (κ2) is 5.41. The van der Waals surface area contributed by atoms with Gasteiger partial charge in [-0.25, -0.2) is 0 Å². The van der Waals surface area contributed by atoms with Gasteiger partial charge >= 0.3 is 0 Å². The lowest BCUT2D eigenvalue weighted by molar-refractivity contribution is 0.576. The summed E-state index contributed by atoms with van der Waals surface area (Å²) < 4.78 is 1.13. The van der Waals surface area contributed by atoms with Crippen molar-refractivity contribution in [2.45, 2.75) is 25.6 Å². The van der Waals surface area contributed by atoms with Gasteiger partial charge in [0, 0.05) is 4.47 Å². The third-order valence-electron chi connectivity index (χ3n) is 2.92. The Morgan fingerprint density at radius 3 is 2.35 bits per heavy atom. The average molecular weight is 312 g/mol. The van der Waals surface area contributed by atoms with Crippen molar-refractivity contribution in [1.29, 1.82) is 0 Å². The Labute approximate surface area is 116 Å². The summed E-state index contributed by atoms with van der Waals surface area (Å²) >= 11 is 10.1. The Morgan fingerprint density at radius 1 is 1.06 bits per heavy atom. The summed E-state index contributed by atoms with van der Waals surface area (Å²) in [6.45, 7) is 4.41. The van der Waals surface area contributed by atoms with Gasteiger partial charge in [-0.1, -0.05) is 60.1 Å². The third-order valence-corrected chi connectivity index (χ3v) is 4.03. The first-order valence-corrected chi connectivity index (χ1v) is 7.13. The van der Waals surface area contributed by atoms with Crippen molar-refractivity contribution in [2.24, 2.45) is 5.92 Å². The largest absolute Gasteiger partial charge is 0.118 e. The minimum absolute atomic E-state index is 0.0907. The molecule has 2 aromatic carbocycles. The molecule has 0 aliphatic heterocycles. The Hall–Kier alpha value is -0.530. The van der Waals surface area contributed by atoms with Crippen LogP contribution in [0.4, 0.5) is 0 Å². The standard InChI is InChI=1S/C15H16BrCl/c1-10(2)9-15(17)13-7-8-14(16)12-6-4-3-5-11(12)13/h3-8,10,15H,9H2,1-2H3. The molecule has 2 heteroatoms. The zero-order valence-electron chi connectivity index (χ0n) is 10.1. The molecule has 0 aliphatic rings. The average Bonchev–Trinajstić information content (AvgIpc) is 2.29. The Morgan fingerprint density at radius 2 is 1.71 bits per heavy atom. The molecule has 0 aromatic heterocycles. The van der Waals surface area contributed by atoms with Crippen molar-refractivity contribution in [3.63, 3.8) is 0 Å². The van der Waals surface area contributed by atoms with E-state index < -0.39 is 0 Å². The number of halogens is 2. The lowest BCUT2D eigenvalue weighted by atomic mass is 9.97. The highest BCUT2D eigenvalue weighted by Gasteiger charge is 2.13. The minimum atomic E-state index is 0.0907. The molecule has 1 atom stereocenters. The summed E-state index contributed by atoms with van der Waals surface area (Å²) in [6, 6.07) is 12.6. The molecule has 0 bridgehead atoms. The van der Waals surface area contributed by atoms with E-state index in [-0.39, 0.29) is 5.38 Å². The van der Waals surface area contributed by atoms with Crippen LogP contribution in [-0.2, 0) is 0 Å². The molecule has 0 amide bonds. The molecule has 2 rings (SSSR count). The van der Waals surface area contributed by atoms with Crippen LogP contribution in [0.1, 0.15) is 31.2 Å². The molecule has 1 unspecified atom stereocenters. The van der Waals surface area contributed by atoms with Crippen LogP contribution in [0.15, 0.2) is 40.9 Å². The molecule has 0 radical (unpaired) electrons. The van der Waals surface area contributed by atoms with Crippen LogP contribution in [0.25, 0.3) is 10.8 Å². The fourth-order valence-electron chi connectivity index (χ4n) is 2.10. The highest BCUT2D eigenvalue weighted by Crippen LogP contribution is 2.35. The first-order chi connectivity index (χ1) is 8.09. The summed E-state index contributed by atoms with van der Waals surface area (Å²) in [5, 5.41) is 2.58. The van der Waals surface area contributed by atoms with E-state index in [1.165, 1.54) is 16.3 Å². The Kier molecular flexibility index (Phi) is 4.11. The van der Waals surface area contributed by atoms with Gasteiger partial charge in [0.15, 0.2) is 0 Å². The predicted molar refractivity (Wildman–Crippen MR) is 79.7 cm³/mol. The lowest BCUT2D eigenvalue weighted by Gasteiger charge is -2.15. The fourth-order valence-corrected chi connectivity index (χ4v) is 3.12. The smallest absolute Gasteiger partial charge is 0.0593 e.